The average Bonchev–Trinajstić information content (AvgIpc) is 2.67. The molecule has 0 unspecified atom stereocenters. The minimum absolute atomic E-state index is 0.0750. The molecule has 9 heteroatoms. The molecule has 1 aromatic carbocycles. The molecule has 7 nitrogen and oxygen atoms in total. The van der Waals surface area contributed by atoms with Gasteiger partial charge < -0.3 is 15.8 Å². The number of nitrogens with one attached hydrogen (secondary N) is 1. The van der Waals surface area contributed by atoms with Gasteiger partial charge in [-0.2, -0.15) is 0 Å². The van der Waals surface area contributed by atoms with E-state index >= 15 is 0 Å². The third kappa shape index (κ3) is 3.78. The minimum Gasteiger partial charge on any atom is -0.480 e. The Morgan fingerprint density at radius 2 is 2.00 bits per heavy atom. The number of alkyl halides is 1. The second-order valence-corrected chi connectivity index (χ2v) is 7.06. The minimum atomic E-state index is -1.71. The van der Waals surface area contributed by atoms with Crippen molar-refractivity contribution in [2.45, 2.75) is 37.9 Å². The predicted molar refractivity (Wildman–Crippen MR) is 101 cm³/mol. The van der Waals surface area contributed by atoms with Crippen LogP contribution in [0.2, 0.25) is 0 Å². The SMILES string of the molecule is COc1cnc(C(=O)Nc2ccc(F)c([C@]3(C)CC[C@](C)(F)C(N)=N3)c2)cn1. The first kappa shape index (κ1) is 19.7. The zero-order valence-electron chi connectivity index (χ0n) is 15.8. The number of aliphatic imine (C=N–C) groups is 1. The summed E-state index contributed by atoms with van der Waals surface area (Å²) >= 11 is 0. The van der Waals surface area contributed by atoms with Crippen molar-refractivity contribution in [1.29, 1.82) is 0 Å². The van der Waals surface area contributed by atoms with Crippen molar-refractivity contribution in [3.8, 4) is 5.88 Å². The first-order chi connectivity index (χ1) is 13.1. The number of carbonyl (C=O) groups excluding carboxylic acids is 1. The highest BCUT2D eigenvalue weighted by atomic mass is 19.1. The largest absolute Gasteiger partial charge is 0.480 e. The van der Waals surface area contributed by atoms with Crippen LogP contribution in [-0.4, -0.2) is 34.5 Å². The Kier molecular flexibility index (Phi) is 5.01. The number of nitrogens with two attached hydrogens (primary N) is 1. The number of amides is 1. The van der Waals surface area contributed by atoms with Crippen LogP contribution in [-0.2, 0) is 5.54 Å². The van der Waals surface area contributed by atoms with E-state index in [1.165, 1.54) is 44.6 Å². The summed E-state index contributed by atoms with van der Waals surface area (Å²) in [5, 5.41) is 2.64. The van der Waals surface area contributed by atoms with Gasteiger partial charge in [-0.25, -0.2) is 18.7 Å². The summed E-state index contributed by atoms with van der Waals surface area (Å²) in [6, 6.07) is 4.12. The van der Waals surface area contributed by atoms with E-state index < -0.39 is 22.9 Å². The van der Waals surface area contributed by atoms with Gasteiger partial charge in [0.2, 0.25) is 5.88 Å². The molecule has 0 aliphatic carbocycles. The third-order valence-corrected chi connectivity index (χ3v) is 4.86. The smallest absolute Gasteiger partial charge is 0.275 e. The van der Waals surface area contributed by atoms with E-state index in [4.69, 9.17) is 10.5 Å². The molecular weight excluding hydrogens is 368 g/mol. The van der Waals surface area contributed by atoms with Crippen LogP contribution in [0.25, 0.3) is 0 Å². The Morgan fingerprint density at radius 3 is 2.61 bits per heavy atom. The molecular formula is C19H21F2N5O2. The van der Waals surface area contributed by atoms with E-state index in [9.17, 15) is 13.6 Å². The normalized spacial score (nSPS) is 24.4. The van der Waals surface area contributed by atoms with Gasteiger partial charge >= 0.3 is 0 Å². The van der Waals surface area contributed by atoms with Crippen LogP contribution in [0.15, 0.2) is 35.6 Å². The van der Waals surface area contributed by atoms with Gasteiger partial charge in [0.25, 0.3) is 5.91 Å². The van der Waals surface area contributed by atoms with Gasteiger partial charge in [-0.05, 0) is 44.9 Å². The lowest BCUT2D eigenvalue weighted by Gasteiger charge is -2.36. The molecule has 2 heterocycles. The Morgan fingerprint density at radius 1 is 1.25 bits per heavy atom. The maximum absolute atomic E-state index is 14.5. The summed E-state index contributed by atoms with van der Waals surface area (Å²) in [5.74, 6) is -0.908. The van der Waals surface area contributed by atoms with Crippen molar-refractivity contribution in [3.63, 3.8) is 0 Å². The average molecular weight is 389 g/mol. The molecule has 1 aromatic heterocycles. The molecule has 3 N–H and O–H groups in total. The highest BCUT2D eigenvalue weighted by molar-refractivity contribution is 6.02. The number of carbonyl (C=O) groups is 1. The van der Waals surface area contributed by atoms with Crippen molar-refractivity contribution in [2.75, 3.05) is 12.4 Å². The first-order valence-electron chi connectivity index (χ1n) is 8.67. The summed E-state index contributed by atoms with van der Waals surface area (Å²) in [4.78, 5) is 24.5. The second kappa shape index (κ2) is 7.14. The molecule has 0 radical (unpaired) electrons. The first-order valence-corrected chi connectivity index (χ1v) is 8.67. The summed E-state index contributed by atoms with van der Waals surface area (Å²) in [5.41, 5.74) is 3.66. The quantitative estimate of drug-likeness (QED) is 0.837. The van der Waals surface area contributed by atoms with E-state index in [-0.39, 0.29) is 35.8 Å². The Balaban J connectivity index is 1.87. The van der Waals surface area contributed by atoms with Gasteiger partial charge in [0.05, 0.1) is 25.0 Å². The van der Waals surface area contributed by atoms with Crippen LogP contribution in [0.3, 0.4) is 0 Å². The summed E-state index contributed by atoms with van der Waals surface area (Å²) < 4.78 is 33.7. The molecule has 1 aliphatic rings. The molecule has 0 saturated carbocycles. The van der Waals surface area contributed by atoms with Crippen molar-refractivity contribution >= 4 is 17.4 Å². The number of hydrogen-bond acceptors (Lipinski definition) is 6. The summed E-state index contributed by atoms with van der Waals surface area (Å²) in [7, 11) is 1.44. The third-order valence-electron chi connectivity index (χ3n) is 4.86. The summed E-state index contributed by atoms with van der Waals surface area (Å²) in [6.45, 7) is 3.04. The monoisotopic (exact) mass is 389 g/mol. The standard InChI is InChI=1S/C19H21F2N5O2/c1-18(21)6-7-19(2,26-17(18)22)12-8-11(4-5-13(12)20)25-16(27)14-9-24-15(28-3)10-23-14/h4-5,8-10H,6-7H2,1-3H3,(H2,22,26)(H,25,27)/t18-,19-/m0/s1. The second-order valence-electron chi connectivity index (χ2n) is 7.06. The molecule has 0 spiro atoms. The van der Waals surface area contributed by atoms with Crippen LogP contribution >= 0.6 is 0 Å². The Hall–Kier alpha value is -3.10. The van der Waals surface area contributed by atoms with Crippen LogP contribution in [0, 0.1) is 5.82 Å². The lowest BCUT2D eigenvalue weighted by Crippen LogP contribution is -2.45. The Labute approximate surface area is 161 Å². The number of hydrogen-bond donors (Lipinski definition) is 2. The molecule has 28 heavy (non-hydrogen) atoms. The fourth-order valence-electron chi connectivity index (χ4n) is 2.99. The highest BCUT2D eigenvalue weighted by Gasteiger charge is 2.41. The fraction of sp³-hybridized carbons (Fsp3) is 0.368. The molecule has 0 fully saturated rings. The molecule has 3 rings (SSSR count). The number of anilines is 1. The number of methoxy groups -OCH3 is 1. The van der Waals surface area contributed by atoms with Crippen LogP contribution < -0.4 is 15.8 Å². The number of aromatic nitrogens is 2. The van der Waals surface area contributed by atoms with Gasteiger partial charge in [0.15, 0.2) is 5.67 Å². The molecule has 2 atom stereocenters. The van der Waals surface area contributed by atoms with Crippen molar-refractivity contribution in [2.24, 2.45) is 10.7 Å². The molecule has 0 bridgehead atoms. The van der Waals surface area contributed by atoms with Gasteiger partial charge in [0, 0.05) is 11.3 Å². The van der Waals surface area contributed by atoms with E-state index in [1.54, 1.807) is 6.92 Å². The zero-order valence-corrected chi connectivity index (χ0v) is 15.8. The van der Waals surface area contributed by atoms with E-state index in [0.717, 1.165) is 0 Å². The number of ether oxygens (including phenoxy) is 1. The topological polar surface area (TPSA) is 102 Å². The van der Waals surface area contributed by atoms with Crippen molar-refractivity contribution in [3.05, 3.63) is 47.7 Å². The van der Waals surface area contributed by atoms with E-state index in [2.05, 4.69) is 20.3 Å². The number of rotatable bonds is 4. The molecule has 2 aromatic rings. The lowest BCUT2D eigenvalue weighted by atomic mass is 9.80. The van der Waals surface area contributed by atoms with E-state index in [1.807, 2.05) is 0 Å². The number of halogens is 2. The maximum atomic E-state index is 14.5. The highest BCUT2D eigenvalue weighted by Crippen LogP contribution is 2.40. The fourth-order valence-corrected chi connectivity index (χ4v) is 2.99. The molecule has 1 aliphatic heterocycles. The molecule has 0 saturated heterocycles. The number of amidine groups is 1. The molecule has 148 valence electrons. The lowest BCUT2D eigenvalue weighted by molar-refractivity contribution is 0.102. The van der Waals surface area contributed by atoms with Gasteiger partial charge in [-0.1, -0.05) is 0 Å². The van der Waals surface area contributed by atoms with Gasteiger partial charge in [-0.3, -0.25) is 9.79 Å². The van der Waals surface area contributed by atoms with Gasteiger partial charge in [0.1, 0.15) is 17.3 Å². The van der Waals surface area contributed by atoms with Crippen LogP contribution in [0.1, 0.15) is 42.7 Å². The Bertz CT molecular complexity index is 930. The maximum Gasteiger partial charge on any atom is 0.275 e. The van der Waals surface area contributed by atoms with Crippen LogP contribution in [0.5, 0.6) is 5.88 Å². The van der Waals surface area contributed by atoms with Gasteiger partial charge in [-0.15, -0.1) is 0 Å². The summed E-state index contributed by atoms with van der Waals surface area (Å²) in [6.07, 6.45) is 2.99. The predicted octanol–water partition coefficient (Wildman–Crippen LogP) is 2.97. The molecule has 1 amide bonds. The van der Waals surface area contributed by atoms with Crippen molar-refractivity contribution < 1.29 is 18.3 Å². The van der Waals surface area contributed by atoms with E-state index in [0.29, 0.717) is 5.69 Å². The van der Waals surface area contributed by atoms with Crippen LogP contribution in [0.4, 0.5) is 14.5 Å². The zero-order chi connectivity index (χ0) is 20.5. The number of nitrogens with zero attached hydrogens (tertiary/aromatic N) is 3. The van der Waals surface area contributed by atoms with Crippen molar-refractivity contribution in [1.82, 2.24) is 9.97 Å². The number of benzene rings is 1.